The van der Waals surface area contributed by atoms with Crippen molar-refractivity contribution in [1.29, 1.82) is 0 Å². The highest BCUT2D eigenvalue weighted by Gasteiger charge is 2.64. The first kappa shape index (κ1) is 14.8. The number of hydrogen-bond acceptors (Lipinski definition) is 4. The number of nitrogens with zero attached hydrogens (tertiary/aromatic N) is 1. The maximum atomic E-state index is 12.1. The Morgan fingerprint density at radius 2 is 2.05 bits per heavy atom. The van der Waals surface area contributed by atoms with Gasteiger partial charge in [-0.05, 0) is 23.8 Å². The minimum absolute atomic E-state index is 0.0351. The molecule has 0 aromatic heterocycles. The van der Waals surface area contributed by atoms with Gasteiger partial charge in [-0.15, -0.1) is 0 Å². The molecule has 0 radical (unpaired) electrons. The van der Waals surface area contributed by atoms with Crippen molar-refractivity contribution in [2.45, 2.75) is 13.0 Å². The molecule has 6 nitrogen and oxygen atoms in total. The molecular weight excluding hydrogens is 286 g/mol. The number of carboxylic acids is 1. The molecule has 0 unspecified atom stereocenters. The van der Waals surface area contributed by atoms with Crippen molar-refractivity contribution < 1.29 is 24.5 Å². The molecule has 2 aliphatic rings. The van der Waals surface area contributed by atoms with Gasteiger partial charge in [-0.1, -0.05) is 30.3 Å². The molecule has 1 saturated carbocycles. The maximum Gasteiger partial charge on any atom is 0.410 e. The van der Waals surface area contributed by atoms with E-state index in [9.17, 15) is 19.8 Å². The summed E-state index contributed by atoms with van der Waals surface area (Å²) < 4.78 is 5.26. The third kappa shape index (κ3) is 2.33. The van der Waals surface area contributed by atoms with Crippen LogP contribution < -0.4 is 0 Å². The summed E-state index contributed by atoms with van der Waals surface area (Å²) in [5.74, 6) is -1.11. The van der Waals surface area contributed by atoms with Gasteiger partial charge in [-0.25, -0.2) is 4.79 Å². The number of aliphatic carboxylic acids is 1. The standard InChI is InChI=1S/C16H19NO5/c18-8-12-6-16(14(19)20)10-17(7-13(12)16)15(21)22-9-11-4-2-1-3-5-11/h1-5,12-13,18H,6-10H2,(H,19,20)/t12-,13+,16-/m1/s1. The molecule has 1 aliphatic carbocycles. The summed E-state index contributed by atoms with van der Waals surface area (Å²) in [4.78, 5) is 25.1. The summed E-state index contributed by atoms with van der Waals surface area (Å²) in [7, 11) is 0. The van der Waals surface area contributed by atoms with E-state index in [1.807, 2.05) is 30.3 Å². The van der Waals surface area contributed by atoms with E-state index in [1.54, 1.807) is 0 Å². The van der Waals surface area contributed by atoms with Gasteiger partial charge in [0.2, 0.25) is 0 Å². The molecule has 1 amide bonds. The average molecular weight is 305 g/mol. The molecular formula is C16H19NO5. The predicted octanol–water partition coefficient (Wildman–Crippen LogP) is 1.34. The van der Waals surface area contributed by atoms with Crippen LogP contribution in [0, 0.1) is 17.3 Å². The van der Waals surface area contributed by atoms with Crippen molar-refractivity contribution in [2.24, 2.45) is 17.3 Å². The molecule has 0 bridgehead atoms. The second-order valence-electron chi connectivity index (χ2n) is 6.14. The lowest BCUT2D eigenvalue weighted by molar-refractivity contribution is -0.164. The van der Waals surface area contributed by atoms with Crippen LogP contribution in [0.5, 0.6) is 0 Å². The van der Waals surface area contributed by atoms with E-state index in [0.29, 0.717) is 13.0 Å². The summed E-state index contributed by atoms with van der Waals surface area (Å²) in [6, 6.07) is 9.34. The summed E-state index contributed by atoms with van der Waals surface area (Å²) in [5, 5.41) is 18.7. The topological polar surface area (TPSA) is 87.1 Å². The van der Waals surface area contributed by atoms with Gasteiger partial charge in [-0.2, -0.15) is 0 Å². The molecule has 1 heterocycles. The van der Waals surface area contributed by atoms with E-state index < -0.39 is 17.5 Å². The van der Waals surface area contributed by atoms with Crippen molar-refractivity contribution in [3.05, 3.63) is 35.9 Å². The van der Waals surface area contributed by atoms with Crippen LogP contribution in [-0.2, 0) is 16.1 Å². The normalized spacial score (nSPS) is 29.6. The number of hydrogen-bond donors (Lipinski definition) is 2. The summed E-state index contributed by atoms with van der Waals surface area (Å²) in [5.41, 5.74) is -0.0155. The molecule has 3 rings (SSSR count). The quantitative estimate of drug-likeness (QED) is 0.876. The SMILES string of the molecule is O=C(OCc1ccccc1)N1C[C@H]2[C@@H](CO)C[C@@]2(C(=O)O)C1. The second kappa shape index (κ2) is 5.61. The highest BCUT2D eigenvalue weighted by molar-refractivity contribution is 5.80. The zero-order chi connectivity index (χ0) is 15.7. The molecule has 0 spiro atoms. The molecule has 3 atom stereocenters. The summed E-state index contributed by atoms with van der Waals surface area (Å²) in [6.07, 6.45) is -0.0676. The Morgan fingerprint density at radius 3 is 2.68 bits per heavy atom. The van der Waals surface area contributed by atoms with Crippen LogP contribution in [0.1, 0.15) is 12.0 Å². The summed E-state index contributed by atoms with van der Waals surface area (Å²) in [6.45, 7) is 0.638. The van der Waals surface area contributed by atoms with Gasteiger partial charge in [0.05, 0.1) is 5.41 Å². The second-order valence-corrected chi connectivity index (χ2v) is 6.14. The van der Waals surface area contributed by atoms with Crippen LogP contribution in [0.15, 0.2) is 30.3 Å². The van der Waals surface area contributed by atoms with Crippen LogP contribution in [-0.4, -0.2) is 46.9 Å². The largest absolute Gasteiger partial charge is 0.481 e. The third-order valence-corrected chi connectivity index (χ3v) is 4.92. The minimum Gasteiger partial charge on any atom is -0.481 e. The lowest BCUT2D eigenvalue weighted by atomic mass is 9.55. The van der Waals surface area contributed by atoms with Gasteiger partial charge in [0.1, 0.15) is 6.61 Å². The van der Waals surface area contributed by atoms with Crippen LogP contribution in [0.2, 0.25) is 0 Å². The van der Waals surface area contributed by atoms with Crippen molar-refractivity contribution in [2.75, 3.05) is 19.7 Å². The van der Waals surface area contributed by atoms with Crippen molar-refractivity contribution >= 4 is 12.1 Å². The number of fused-ring (bicyclic) bond motifs is 1. The first-order valence-electron chi connectivity index (χ1n) is 7.37. The van der Waals surface area contributed by atoms with Crippen molar-refractivity contribution in [1.82, 2.24) is 4.90 Å². The van der Waals surface area contributed by atoms with Crippen LogP contribution >= 0.6 is 0 Å². The maximum absolute atomic E-state index is 12.1. The summed E-state index contributed by atoms with van der Waals surface area (Å²) >= 11 is 0. The average Bonchev–Trinajstić information content (AvgIpc) is 2.81. The van der Waals surface area contributed by atoms with E-state index in [0.717, 1.165) is 5.56 Å². The smallest absolute Gasteiger partial charge is 0.410 e. The zero-order valence-corrected chi connectivity index (χ0v) is 12.1. The number of aliphatic hydroxyl groups is 1. The van der Waals surface area contributed by atoms with E-state index in [2.05, 4.69) is 0 Å². The van der Waals surface area contributed by atoms with Gasteiger partial charge in [-0.3, -0.25) is 4.79 Å². The Hall–Kier alpha value is -2.08. The molecule has 6 heteroatoms. The number of carboxylic acid groups (broad SMARTS) is 1. The van der Waals surface area contributed by atoms with Gasteiger partial charge in [0, 0.05) is 19.7 Å². The Morgan fingerprint density at radius 1 is 1.32 bits per heavy atom. The Balaban J connectivity index is 1.62. The lowest BCUT2D eigenvalue weighted by Crippen LogP contribution is -2.53. The van der Waals surface area contributed by atoms with Gasteiger partial charge < -0.3 is 19.8 Å². The highest BCUT2D eigenvalue weighted by atomic mass is 16.6. The molecule has 1 aromatic carbocycles. The molecule has 2 N–H and O–H groups in total. The molecule has 118 valence electrons. The fraction of sp³-hybridized carbons (Fsp3) is 0.500. The lowest BCUT2D eigenvalue weighted by Gasteiger charge is -2.46. The number of carbonyl (C=O) groups is 2. The number of aliphatic hydroxyl groups excluding tert-OH is 1. The number of amides is 1. The van der Waals surface area contributed by atoms with Gasteiger partial charge in [0.25, 0.3) is 0 Å². The molecule has 1 aromatic rings. The van der Waals surface area contributed by atoms with Crippen molar-refractivity contribution in [3.63, 3.8) is 0 Å². The van der Waals surface area contributed by atoms with Gasteiger partial charge >= 0.3 is 12.1 Å². The monoisotopic (exact) mass is 305 g/mol. The molecule has 1 aliphatic heterocycles. The van der Waals surface area contributed by atoms with E-state index in [-0.39, 0.29) is 31.6 Å². The fourth-order valence-corrected chi connectivity index (χ4v) is 3.66. The van der Waals surface area contributed by atoms with Gasteiger partial charge in [0.15, 0.2) is 0 Å². The third-order valence-electron chi connectivity index (χ3n) is 4.92. The fourth-order valence-electron chi connectivity index (χ4n) is 3.66. The molecule has 1 saturated heterocycles. The number of carbonyl (C=O) groups excluding carboxylic acids is 1. The van der Waals surface area contributed by atoms with E-state index in [1.165, 1.54) is 4.90 Å². The number of rotatable bonds is 4. The van der Waals surface area contributed by atoms with Crippen molar-refractivity contribution in [3.8, 4) is 0 Å². The zero-order valence-electron chi connectivity index (χ0n) is 12.1. The van der Waals surface area contributed by atoms with Crippen LogP contribution in [0.25, 0.3) is 0 Å². The van der Waals surface area contributed by atoms with Crippen LogP contribution in [0.3, 0.4) is 0 Å². The van der Waals surface area contributed by atoms with E-state index in [4.69, 9.17) is 4.74 Å². The number of ether oxygens (including phenoxy) is 1. The Labute approximate surface area is 128 Å². The van der Waals surface area contributed by atoms with Crippen LogP contribution in [0.4, 0.5) is 4.79 Å². The first-order chi connectivity index (χ1) is 10.6. The molecule has 2 fully saturated rings. The first-order valence-corrected chi connectivity index (χ1v) is 7.37. The van der Waals surface area contributed by atoms with E-state index >= 15 is 0 Å². The Bertz CT molecular complexity index is 575. The number of likely N-dealkylation sites (tertiary alicyclic amines) is 1. The minimum atomic E-state index is -0.904. The Kier molecular flexibility index (Phi) is 3.78. The number of benzene rings is 1. The molecule has 22 heavy (non-hydrogen) atoms. The predicted molar refractivity (Wildman–Crippen MR) is 77.0 cm³/mol. The highest BCUT2D eigenvalue weighted by Crippen LogP contribution is 2.55.